The van der Waals surface area contributed by atoms with E-state index in [1.54, 1.807) is 0 Å². The van der Waals surface area contributed by atoms with E-state index in [9.17, 15) is 8.42 Å². The molecule has 1 aliphatic heterocycles. The van der Waals surface area contributed by atoms with Gasteiger partial charge in [0.1, 0.15) is 0 Å². The highest BCUT2D eigenvalue weighted by molar-refractivity contribution is 14.1. The van der Waals surface area contributed by atoms with Gasteiger partial charge in [-0.1, -0.05) is 12.1 Å². The third-order valence-electron chi connectivity index (χ3n) is 4.03. The topological polar surface area (TPSA) is 70.2 Å². The van der Waals surface area contributed by atoms with Crippen molar-refractivity contribution in [2.24, 2.45) is 0 Å². The van der Waals surface area contributed by atoms with Gasteiger partial charge < -0.3 is 5.32 Å². The minimum Gasteiger partial charge on any atom is -0.312 e. The summed E-state index contributed by atoms with van der Waals surface area (Å²) in [6, 6.07) is 7.79. The molecule has 0 unspecified atom stereocenters. The second-order valence-corrected chi connectivity index (χ2v) is 8.87. The predicted molar refractivity (Wildman–Crippen MR) is 97.8 cm³/mol. The van der Waals surface area contributed by atoms with Crippen molar-refractivity contribution in [3.05, 3.63) is 33.4 Å². The van der Waals surface area contributed by atoms with Gasteiger partial charge in [-0.2, -0.15) is 13.1 Å². The van der Waals surface area contributed by atoms with E-state index in [0.29, 0.717) is 13.1 Å². The Labute approximate surface area is 147 Å². The van der Waals surface area contributed by atoms with Crippen molar-refractivity contribution in [3.8, 4) is 0 Å². The number of hydrogen-bond acceptors (Lipinski definition) is 3. The summed E-state index contributed by atoms with van der Waals surface area (Å²) in [6.07, 6.45) is 4.21. The van der Waals surface area contributed by atoms with Gasteiger partial charge in [-0.15, -0.1) is 0 Å². The highest BCUT2D eigenvalue weighted by Crippen LogP contribution is 2.23. The zero-order chi connectivity index (χ0) is 16.1. The maximum Gasteiger partial charge on any atom is 0.277 e. The van der Waals surface area contributed by atoms with E-state index >= 15 is 0 Å². The van der Waals surface area contributed by atoms with Crippen molar-refractivity contribution in [2.75, 3.05) is 13.1 Å². The predicted octanol–water partition coefficient (Wildman–Crippen LogP) is 2.14. The first-order chi connectivity index (χ1) is 10.4. The van der Waals surface area contributed by atoms with Crippen molar-refractivity contribution >= 4 is 32.8 Å². The van der Waals surface area contributed by atoms with E-state index in [-0.39, 0.29) is 5.54 Å². The quantitative estimate of drug-likeness (QED) is 0.431. The van der Waals surface area contributed by atoms with Gasteiger partial charge in [0.15, 0.2) is 0 Å². The number of halogens is 1. The minimum atomic E-state index is -3.43. The fourth-order valence-corrected chi connectivity index (χ4v) is 3.92. The van der Waals surface area contributed by atoms with Crippen LogP contribution in [0.1, 0.15) is 38.2 Å². The summed E-state index contributed by atoms with van der Waals surface area (Å²) in [5, 5.41) is 3.49. The Hall–Kier alpha value is -0.220. The van der Waals surface area contributed by atoms with Crippen LogP contribution in [0.3, 0.4) is 0 Å². The van der Waals surface area contributed by atoms with Crippen LogP contribution in [0.15, 0.2) is 24.3 Å². The first-order valence-corrected chi connectivity index (χ1v) is 10.2. The number of nitrogens with one attached hydrogen (secondary N) is 3. The standard InChI is InChI=1S/C15H24IN3O2S/c1-15(8-2-10-17-15)9-3-11-18-22(20,21)19-12-13-4-6-14(16)7-5-13/h4-7,17-19H,2-3,8-12H2,1H3/t15-/m0/s1. The molecule has 1 atom stereocenters. The molecule has 5 nitrogen and oxygen atoms in total. The Morgan fingerprint density at radius 1 is 1.27 bits per heavy atom. The van der Waals surface area contributed by atoms with Gasteiger partial charge >= 0.3 is 0 Å². The lowest BCUT2D eigenvalue weighted by atomic mass is 9.94. The van der Waals surface area contributed by atoms with Gasteiger partial charge in [0.05, 0.1) is 0 Å². The van der Waals surface area contributed by atoms with Crippen molar-refractivity contribution in [1.29, 1.82) is 0 Å². The maximum absolute atomic E-state index is 11.9. The molecule has 0 aliphatic carbocycles. The summed E-state index contributed by atoms with van der Waals surface area (Å²) < 4.78 is 30.1. The second kappa shape index (κ2) is 8.05. The summed E-state index contributed by atoms with van der Waals surface area (Å²) >= 11 is 2.22. The van der Waals surface area contributed by atoms with Crippen molar-refractivity contribution in [2.45, 2.75) is 44.7 Å². The molecule has 1 fully saturated rings. The molecule has 1 aliphatic rings. The van der Waals surface area contributed by atoms with Gasteiger partial charge in [-0.3, -0.25) is 0 Å². The fraction of sp³-hybridized carbons (Fsp3) is 0.600. The van der Waals surface area contributed by atoms with E-state index in [0.717, 1.165) is 28.5 Å². The lowest BCUT2D eigenvalue weighted by molar-refractivity contribution is 0.373. The van der Waals surface area contributed by atoms with Crippen LogP contribution in [0.25, 0.3) is 0 Å². The Balaban J connectivity index is 1.68. The third-order valence-corrected chi connectivity index (χ3v) is 5.86. The smallest absolute Gasteiger partial charge is 0.277 e. The SMILES string of the molecule is C[C@@]1(CCCNS(=O)(=O)NCc2ccc(I)cc2)CCCN1. The summed E-state index contributed by atoms with van der Waals surface area (Å²) in [5.74, 6) is 0. The summed E-state index contributed by atoms with van der Waals surface area (Å²) in [7, 11) is -3.43. The zero-order valence-electron chi connectivity index (χ0n) is 12.9. The molecule has 22 heavy (non-hydrogen) atoms. The first kappa shape index (κ1) is 18.1. The van der Waals surface area contributed by atoms with Crippen LogP contribution < -0.4 is 14.8 Å². The zero-order valence-corrected chi connectivity index (χ0v) is 15.8. The van der Waals surface area contributed by atoms with Crippen LogP contribution in [0.4, 0.5) is 0 Å². The van der Waals surface area contributed by atoms with Gasteiger partial charge in [0, 0.05) is 22.2 Å². The molecule has 0 bridgehead atoms. The van der Waals surface area contributed by atoms with Crippen LogP contribution in [0, 0.1) is 3.57 Å². The van der Waals surface area contributed by atoms with Crippen LogP contribution in [0.2, 0.25) is 0 Å². The lowest BCUT2D eigenvalue weighted by Crippen LogP contribution is -2.39. The monoisotopic (exact) mass is 437 g/mol. The largest absolute Gasteiger partial charge is 0.312 e. The van der Waals surface area contributed by atoms with Gasteiger partial charge in [0.2, 0.25) is 0 Å². The molecule has 0 aromatic heterocycles. The molecule has 1 heterocycles. The lowest BCUT2D eigenvalue weighted by Gasteiger charge is -2.24. The van der Waals surface area contributed by atoms with Crippen molar-refractivity contribution < 1.29 is 8.42 Å². The van der Waals surface area contributed by atoms with Crippen LogP contribution in [0.5, 0.6) is 0 Å². The van der Waals surface area contributed by atoms with E-state index < -0.39 is 10.2 Å². The second-order valence-electron chi connectivity index (χ2n) is 6.04. The van der Waals surface area contributed by atoms with Gasteiger partial charge in [-0.05, 0) is 79.4 Å². The average molecular weight is 437 g/mol. The first-order valence-electron chi connectivity index (χ1n) is 7.62. The van der Waals surface area contributed by atoms with Crippen LogP contribution in [-0.4, -0.2) is 27.0 Å². The molecule has 2 rings (SSSR count). The molecular weight excluding hydrogens is 413 g/mol. The van der Waals surface area contributed by atoms with Crippen molar-refractivity contribution in [1.82, 2.24) is 14.8 Å². The van der Waals surface area contributed by atoms with Gasteiger partial charge in [0.25, 0.3) is 10.2 Å². The molecular formula is C15H24IN3O2S. The summed E-state index contributed by atoms with van der Waals surface area (Å²) in [5.41, 5.74) is 1.13. The minimum absolute atomic E-state index is 0.181. The molecule has 0 amide bonds. The summed E-state index contributed by atoms with van der Waals surface area (Å²) in [6.45, 7) is 4.06. The molecule has 124 valence electrons. The Bertz CT molecular complexity index is 569. The molecule has 0 saturated carbocycles. The Morgan fingerprint density at radius 2 is 2.00 bits per heavy atom. The van der Waals surface area contributed by atoms with E-state index in [2.05, 4.69) is 44.3 Å². The molecule has 1 aromatic rings. The highest BCUT2D eigenvalue weighted by Gasteiger charge is 2.27. The average Bonchev–Trinajstić information content (AvgIpc) is 2.90. The highest BCUT2D eigenvalue weighted by atomic mass is 127. The van der Waals surface area contributed by atoms with Crippen LogP contribution >= 0.6 is 22.6 Å². The number of benzene rings is 1. The number of hydrogen-bond donors (Lipinski definition) is 3. The Kier molecular flexibility index (Phi) is 6.63. The molecule has 1 aromatic carbocycles. The van der Waals surface area contributed by atoms with E-state index in [1.807, 2.05) is 24.3 Å². The van der Waals surface area contributed by atoms with Crippen molar-refractivity contribution in [3.63, 3.8) is 0 Å². The fourth-order valence-electron chi connectivity index (χ4n) is 2.69. The molecule has 7 heteroatoms. The molecule has 0 radical (unpaired) electrons. The molecule has 0 spiro atoms. The normalized spacial score (nSPS) is 22.1. The molecule has 1 saturated heterocycles. The van der Waals surface area contributed by atoms with Gasteiger partial charge in [-0.25, -0.2) is 4.72 Å². The Morgan fingerprint density at radius 3 is 2.64 bits per heavy atom. The summed E-state index contributed by atoms with van der Waals surface area (Å²) in [4.78, 5) is 0. The third kappa shape index (κ3) is 6.11. The van der Waals surface area contributed by atoms with E-state index in [4.69, 9.17) is 0 Å². The maximum atomic E-state index is 11.9. The number of rotatable bonds is 8. The molecule has 3 N–H and O–H groups in total. The van der Waals surface area contributed by atoms with E-state index in [1.165, 1.54) is 12.8 Å². The van der Waals surface area contributed by atoms with Crippen LogP contribution in [-0.2, 0) is 16.8 Å².